The van der Waals surface area contributed by atoms with Crippen LogP contribution in [0.3, 0.4) is 0 Å². The van der Waals surface area contributed by atoms with E-state index in [1.165, 1.54) is 0 Å². The predicted molar refractivity (Wildman–Crippen MR) is 134 cm³/mol. The first-order chi connectivity index (χ1) is 16.3. The lowest BCUT2D eigenvalue weighted by Crippen LogP contribution is -2.59. The van der Waals surface area contributed by atoms with Crippen LogP contribution in [0.5, 0.6) is 0 Å². The number of rotatable bonds is 9. The number of carbonyl (C=O) groups excluding carboxylic acids is 2. The Morgan fingerprint density at radius 2 is 1.53 bits per heavy atom. The third kappa shape index (κ3) is 6.04. The number of ether oxygens (including phenoxy) is 1. The van der Waals surface area contributed by atoms with Crippen LogP contribution in [0.25, 0.3) is 0 Å². The van der Waals surface area contributed by atoms with Crippen LogP contribution in [-0.4, -0.2) is 73.3 Å². The van der Waals surface area contributed by atoms with Crippen LogP contribution >= 0.6 is 0 Å². The molecule has 0 bridgehead atoms. The first kappa shape index (κ1) is 25.5. The van der Waals surface area contributed by atoms with Crippen molar-refractivity contribution in [1.29, 1.82) is 0 Å². The molecule has 4 atom stereocenters. The molecule has 0 spiro atoms. The van der Waals surface area contributed by atoms with E-state index >= 15 is 0 Å². The first-order valence-corrected chi connectivity index (χ1v) is 11.6. The lowest BCUT2D eigenvalue weighted by Gasteiger charge is -2.39. The number of nitrogens with one attached hydrogen (secondary N) is 1. The molecule has 1 saturated heterocycles. The number of alkyl carbamates (subject to hydrolysis) is 1. The van der Waals surface area contributed by atoms with Gasteiger partial charge in [-0.15, -0.1) is 6.58 Å². The van der Waals surface area contributed by atoms with Crippen LogP contribution in [0.1, 0.15) is 29.9 Å². The Labute approximate surface area is 203 Å². The third-order valence-corrected chi connectivity index (χ3v) is 6.32. The summed E-state index contributed by atoms with van der Waals surface area (Å²) >= 11 is 0. The van der Waals surface area contributed by atoms with Crippen LogP contribution in [0.4, 0.5) is 4.79 Å². The third-order valence-electron chi connectivity index (χ3n) is 6.32. The van der Waals surface area contributed by atoms with E-state index in [2.05, 4.69) is 21.7 Å². The molecule has 2 aromatic carbocycles. The highest BCUT2D eigenvalue weighted by Crippen LogP contribution is 2.31. The average Bonchev–Trinajstić information content (AvgIpc) is 3.29. The molecular weight excluding hydrogens is 428 g/mol. The van der Waals surface area contributed by atoms with E-state index < -0.39 is 18.1 Å². The highest BCUT2D eigenvalue weighted by atomic mass is 16.5. The molecule has 0 aliphatic carbocycles. The molecule has 1 N–H and O–H groups in total. The summed E-state index contributed by atoms with van der Waals surface area (Å²) in [4.78, 5) is 33.0. The second kappa shape index (κ2) is 11.8. The predicted octanol–water partition coefficient (Wildman–Crippen LogP) is 3.65. The second-order valence-corrected chi connectivity index (χ2v) is 9.07. The van der Waals surface area contributed by atoms with Crippen LogP contribution in [-0.2, 0) is 16.1 Å². The average molecular weight is 465 g/mol. The minimum Gasteiger partial charge on any atom is -0.445 e. The van der Waals surface area contributed by atoms with Crippen LogP contribution in [0.2, 0.25) is 0 Å². The fourth-order valence-corrected chi connectivity index (χ4v) is 4.58. The molecule has 182 valence electrons. The molecule has 2 amide bonds. The largest absolute Gasteiger partial charge is 0.445 e. The molecule has 34 heavy (non-hydrogen) atoms. The molecule has 3 rings (SSSR count). The summed E-state index contributed by atoms with van der Waals surface area (Å²) in [6.07, 6.45) is 2.68. The van der Waals surface area contributed by atoms with Gasteiger partial charge in [-0.05, 0) is 52.2 Å². The Balaban J connectivity index is 1.89. The summed E-state index contributed by atoms with van der Waals surface area (Å²) in [6.45, 7) is 4.12. The van der Waals surface area contributed by atoms with E-state index in [1.807, 2.05) is 93.8 Å². The molecule has 2 aromatic rings. The summed E-state index contributed by atoms with van der Waals surface area (Å²) in [6, 6.07) is 18.3. The topological polar surface area (TPSA) is 65.1 Å². The van der Waals surface area contributed by atoms with Crippen molar-refractivity contribution in [3.63, 3.8) is 0 Å². The Kier molecular flexibility index (Phi) is 8.85. The number of carbonyl (C=O) groups is 2. The van der Waals surface area contributed by atoms with Crippen molar-refractivity contribution in [3.8, 4) is 0 Å². The number of likely N-dealkylation sites (tertiary alicyclic amines) is 1. The maximum Gasteiger partial charge on any atom is 0.408 e. The summed E-state index contributed by atoms with van der Waals surface area (Å²) < 4.78 is 5.47. The maximum absolute atomic E-state index is 14.1. The molecule has 0 aromatic heterocycles. The van der Waals surface area contributed by atoms with E-state index in [9.17, 15) is 9.59 Å². The van der Waals surface area contributed by atoms with Crippen molar-refractivity contribution < 1.29 is 14.3 Å². The van der Waals surface area contributed by atoms with E-state index in [4.69, 9.17) is 4.74 Å². The molecule has 1 aliphatic heterocycles. The Morgan fingerprint density at radius 3 is 2.03 bits per heavy atom. The van der Waals surface area contributed by atoms with E-state index in [0.29, 0.717) is 0 Å². The highest BCUT2D eigenvalue weighted by Gasteiger charge is 2.44. The first-order valence-electron chi connectivity index (χ1n) is 11.6. The van der Waals surface area contributed by atoms with Crippen LogP contribution in [0, 0.1) is 0 Å². The molecule has 1 fully saturated rings. The summed E-state index contributed by atoms with van der Waals surface area (Å²) in [7, 11) is 7.90. The minimum absolute atomic E-state index is 0.0641. The minimum atomic E-state index is -0.855. The van der Waals surface area contributed by atoms with E-state index in [-0.39, 0.29) is 24.8 Å². The van der Waals surface area contributed by atoms with Crippen molar-refractivity contribution in [2.45, 2.75) is 43.7 Å². The van der Waals surface area contributed by atoms with Crippen LogP contribution in [0.15, 0.2) is 73.3 Å². The lowest BCUT2D eigenvalue weighted by molar-refractivity contribution is -0.143. The molecule has 2 unspecified atom stereocenters. The zero-order valence-electron chi connectivity index (χ0n) is 20.6. The van der Waals surface area contributed by atoms with Gasteiger partial charge in [0, 0.05) is 5.92 Å². The maximum atomic E-state index is 14.1. The Morgan fingerprint density at radius 1 is 1.00 bits per heavy atom. The number of amides is 2. The zero-order chi connectivity index (χ0) is 24.7. The fourth-order valence-electron chi connectivity index (χ4n) is 4.58. The number of nitrogens with zero attached hydrogens (tertiary/aromatic N) is 3. The van der Waals surface area contributed by atoms with Crippen molar-refractivity contribution in [1.82, 2.24) is 20.0 Å². The molecule has 1 heterocycles. The number of hydrogen-bond acceptors (Lipinski definition) is 5. The normalized spacial score (nSPS) is 19.6. The zero-order valence-corrected chi connectivity index (χ0v) is 20.6. The molecule has 0 radical (unpaired) electrons. The van der Waals surface area contributed by atoms with Crippen LogP contribution < -0.4 is 5.32 Å². The van der Waals surface area contributed by atoms with Gasteiger partial charge >= 0.3 is 6.09 Å². The van der Waals surface area contributed by atoms with Gasteiger partial charge < -0.3 is 15.0 Å². The van der Waals surface area contributed by atoms with Gasteiger partial charge in [0.2, 0.25) is 5.91 Å². The number of hydrogen-bond donors (Lipinski definition) is 1. The van der Waals surface area contributed by atoms with Gasteiger partial charge in [-0.25, -0.2) is 4.79 Å². The highest BCUT2D eigenvalue weighted by molar-refractivity contribution is 5.87. The van der Waals surface area contributed by atoms with E-state index in [0.717, 1.165) is 24.0 Å². The summed E-state index contributed by atoms with van der Waals surface area (Å²) in [5, 5.41) is 2.87. The van der Waals surface area contributed by atoms with Gasteiger partial charge in [-0.1, -0.05) is 66.7 Å². The van der Waals surface area contributed by atoms with Crippen molar-refractivity contribution >= 4 is 12.0 Å². The van der Waals surface area contributed by atoms with Gasteiger partial charge in [0.05, 0.1) is 12.3 Å². The van der Waals surface area contributed by atoms with E-state index in [1.54, 1.807) is 6.08 Å². The molecule has 7 nitrogen and oxygen atoms in total. The smallest absolute Gasteiger partial charge is 0.408 e. The monoisotopic (exact) mass is 464 g/mol. The van der Waals surface area contributed by atoms with Gasteiger partial charge in [0.25, 0.3) is 0 Å². The second-order valence-electron chi connectivity index (χ2n) is 9.07. The summed E-state index contributed by atoms with van der Waals surface area (Å²) in [5.41, 5.74) is 1.78. The van der Waals surface area contributed by atoms with Crippen molar-refractivity contribution in [2.24, 2.45) is 0 Å². The van der Waals surface area contributed by atoms with Gasteiger partial charge in [-0.2, -0.15) is 0 Å². The fraction of sp³-hybridized carbons (Fsp3) is 0.407. The van der Waals surface area contributed by atoms with Gasteiger partial charge in [0.15, 0.2) is 0 Å². The Bertz CT molecular complexity index is 933. The molecule has 1 aliphatic rings. The standard InChI is InChI=1S/C27H36N4O3/c1-6-22(21-15-11-8-12-16-21)25(28-27(33)34-19-20-13-9-7-10-14-20)26(32)31-23(29(2)3)17-18-24(31)30(4)5/h6-16,22-25H,1,17-19H2,2-5H3,(H,28,33)/t22-,23?,24?,25-/m1/s1. The Hall–Kier alpha value is -3.16. The summed E-state index contributed by atoms with van der Waals surface area (Å²) in [5.74, 6) is -0.565. The molecule has 0 saturated carbocycles. The number of benzene rings is 2. The molecule has 7 heteroatoms. The van der Waals surface area contributed by atoms with Crippen molar-refractivity contribution in [2.75, 3.05) is 28.2 Å². The quantitative estimate of drug-likeness (QED) is 0.574. The SMILES string of the molecule is C=C[C@H](c1ccccc1)[C@@H](NC(=O)OCc1ccccc1)C(=O)N1C(N(C)C)CCC1N(C)C. The van der Waals surface area contributed by atoms with Gasteiger partial charge in [-0.3, -0.25) is 14.6 Å². The molecular formula is C27H36N4O3. The van der Waals surface area contributed by atoms with Crippen molar-refractivity contribution in [3.05, 3.63) is 84.4 Å². The van der Waals surface area contributed by atoms with Gasteiger partial charge in [0.1, 0.15) is 12.6 Å². The lowest BCUT2D eigenvalue weighted by atomic mass is 9.90.